The smallest absolute Gasteiger partial charge is 0.258 e. The molecule has 1 aliphatic carbocycles. The third-order valence-corrected chi connectivity index (χ3v) is 6.45. The molecular formula is C24H24N2O2S. The molecule has 0 saturated carbocycles. The van der Waals surface area contributed by atoms with Crippen LogP contribution in [0.15, 0.2) is 54.6 Å². The molecule has 2 aromatic carbocycles. The van der Waals surface area contributed by atoms with E-state index in [1.807, 2.05) is 49.4 Å². The van der Waals surface area contributed by atoms with Crippen molar-refractivity contribution < 1.29 is 9.59 Å². The molecule has 0 bridgehead atoms. The van der Waals surface area contributed by atoms with Gasteiger partial charge >= 0.3 is 0 Å². The molecule has 1 heterocycles. The maximum Gasteiger partial charge on any atom is 0.258 e. The Labute approximate surface area is 175 Å². The van der Waals surface area contributed by atoms with Crippen LogP contribution in [0, 0.1) is 12.8 Å². The first-order valence-electron chi connectivity index (χ1n) is 9.90. The summed E-state index contributed by atoms with van der Waals surface area (Å²) >= 11 is 1.54. The van der Waals surface area contributed by atoms with Gasteiger partial charge in [-0.15, -0.1) is 11.3 Å². The lowest BCUT2D eigenvalue weighted by molar-refractivity contribution is 0.102. The van der Waals surface area contributed by atoms with Crippen molar-refractivity contribution in [1.82, 2.24) is 0 Å². The van der Waals surface area contributed by atoms with E-state index in [0.29, 0.717) is 22.0 Å². The molecule has 5 heteroatoms. The van der Waals surface area contributed by atoms with Gasteiger partial charge in [0.2, 0.25) is 0 Å². The van der Waals surface area contributed by atoms with Crippen LogP contribution in [0.3, 0.4) is 0 Å². The van der Waals surface area contributed by atoms with Crippen LogP contribution in [0.5, 0.6) is 0 Å². The number of amides is 2. The number of hydrogen-bond acceptors (Lipinski definition) is 3. The van der Waals surface area contributed by atoms with E-state index in [9.17, 15) is 9.59 Å². The Balaban J connectivity index is 1.67. The van der Waals surface area contributed by atoms with Crippen LogP contribution < -0.4 is 10.6 Å². The number of fused-ring (bicyclic) bond motifs is 1. The van der Waals surface area contributed by atoms with E-state index in [0.717, 1.165) is 36.1 Å². The molecule has 1 aliphatic rings. The van der Waals surface area contributed by atoms with Gasteiger partial charge in [-0.05, 0) is 67.5 Å². The highest BCUT2D eigenvalue weighted by Crippen LogP contribution is 2.40. The van der Waals surface area contributed by atoms with E-state index in [-0.39, 0.29) is 11.8 Å². The Kier molecular flexibility index (Phi) is 5.49. The van der Waals surface area contributed by atoms with Crippen LogP contribution in [0.2, 0.25) is 0 Å². The Morgan fingerprint density at radius 2 is 1.79 bits per heavy atom. The first kappa shape index (κ1) is 19.4. The summed E-state index contributed by atoms with van der Waals surface area (Å²) in [4.78, 5) is 27.2. The summed E-state index contributed by atoms with van der Waals surface area (Å²) < 4.78 is 0. The summed E-state index contributed by atoms with van der Waals surface area (Å²) in [5, 5.41) is 6.65. The van der Waals surface area contributed by atoms with Crippen molar-refractivity contribution in [3.63, 3.8) is 0 Å². The van der Waals surface area contributed by atoms with Gasteiger partial charge in [-0.2, -0.15) is 0 Å². The van der Waals surface area contributed by atoms with Gasteiger partial charge in [-0.1, -0.05) is 37.3 Å². The number of rotatable bonds is 4. The van der Waals surface area contributed by atoms with E-state index in [2.05, 4.69) is 17.6 Å². The Hall–Kier alpha value is -2.92. The van der Waals surface area contributed by atoms with Gasteiger partial charge in [-0.3, -0.25) is 9.59 Å². The van der Waals surface area contributed by atoms with E-state index < -0.39 is 0 Å². The zero-order chi connectivity index (χ0) is 20.4. The number of aryl methyl sites for hydroxylation is 1. The highest BCUT2D eigenvalue weighted by molar-refractivity contribution is 7.17. The van der Waals surface area contributed by atoms with Gasteiger partial charge in [0.05, 0.1) is 5.56 Å². The van der Waals surface area contributed by atoms with E-state index in [1.165, 1.54) is 16.2 Å². The maximum absolute atomic E-state index is 13.2. The summed E-state index contributed by atoms with van der Waals surface area (Å²) in [6.07, 6.45) is 2.87. The van der Waals surface area contributed by atoms with Gasteiger partial charge in [0, 0.05) is 16.1 Å². The normalized spacial score (nSPS) is 15.4. The van der Waals surface area contributed by atoms with Gasteiger partial charge in [0.1, 0.15) is 5.00 Å². The minimum Gasteiger partial charge on any atom is -0.322 e. The zero-order valence-electron chi connectivity index (χ0n) is 16.6. The van der Waals surface area contributed by atoms with Crippen molar-refractivity contribution in [2.75, 3.05) is 10.6 Å². The van der Waals surface area contributed by atoms with Crippen LogP contribution >= 0.6 is 11.3 Å². The summed E-state index contributed by atoms with van der Waals surface area (Å²) in [5.74, 6) is 0.236. The molecule has 4 nitrogen and oxygen atoms in total. The lowest BCUT2D eigenvalue weighted by atomic mass is 9.88. The van der Waals surface area contributed by atoms with Crippen LogP contribution in [0.1, 0.15) is 50.1 Å². The average Bonchev–Trinajstić information content (AvgIpc) is 3.05. The summed E-state index contributed by atoms with van der Waals surface area (Å²) in [7, 11) is 0. The molecule has 0 spiro atoms. The molecule has 0 aliphatic heterocycles. The fraction of sp³-hybridized carbons (Fsp3) is 0.250. The minimum absolute atomic E-state index is 0.161. The third-order valence-electron chi connectivity index (χ3n) is 5.28. The number of thiophene rings is 1. The molecular weight excluding hydrogens is 380 g/mol. The van der Waals surface area contributed by atoms with E-state index in [1.54, 1.807) is 12.1 Å². The molecule has 1 atom stereocenters. The maximum atomic E-state index is 13.2. The Morgan fingerprint density at radius 1 is 1.00 bits per heavy atom. The van der Waals surface area contributed by atoms with Crippen molar-refractivity contribution in [3.8, 4) is 0 Å². The van der Waals surface area contributed by atoms with Crippen molar-refractivity contribution in [2.24, 2.45) is 5.92 Å². The summed E-state index contributed by atoms with van der Waals surface area (Å²) in [6, 6.07) is 16.8. The van der Waals surface area contributed by atoms with Crippen LogP contribution in [-0.4, -0.2) is 11.8 Å². The average molecular weight is 405 g/mol. The topological polar surface area (TPSA) is 58.2 Å². The third kappa shape index (κ3) is 4.25. The molecule has 1 aromatic heterocycles. The fourth-order valence-electron chi connectivity index (χ4n) is 3.76. The molecule has 2 amide bonds. The van der Waals surface area contributed by atoms with Crippen molar-refractivity contribution >= 4 is 33.8 Å². The van der Waals surface area contributed by atoms with Gasteiger partial charge in [0.25, 0.3) is 11.8 Å². The monoisotopic (exact) mass is 404 g/mol. The Bertz CT molecular complexity index is 1060. The zero-order valence-corrected chi connectivity index (χ0v) is 17.4. The molecule has 3 aromatic rings. The van der Waals surface area contributed by atoms with E-state index >= 15 is 0 Å². The number of benzene rings is 2. The lowest BCUT2D eigenvalue weighted by Gasteiger charge is -2.18. The first-order chi connectivity index (χ1) is 14.0. The second-order valence-corrected chi connectivity index (χ2v) is 8.80. The number of carbonyl (C=O) groups is 2. The number of carbonyl (C=O) groups excluding carboxylic acids is 2. The van der Waals surface area contributed by atoms with Gasteiger partial charge < -0.3 is 10.6 Å². The number of nitrogens with one attached hydrogen (secondary N) is 2. The predicted octanol–water partition coefficient (Wildman–Crippen LogP) is 5.69. The lowest BCUT2D eigenvalue weighted by Crippen LogP contribution is -2.19. The SMILES string of the molecule is Cc1cccc(NC(=O)c2c(NC(=O)c3ccccc3)sc3c2CC[C@H](C)C3)c1. The summed E-state index contributed by atoms with van der Waals surface area (Å²) in [6.45, 7) is 4.23. The second-order valence-electron chi connectivity index (χ2n) is 7.70. The van der Waals surface area contributed by atoms with Crippen molar-refractivity contribution in [1.29, 1.82) is 0 Å². The predicted molar refractivity (Wildman–Crippen MR) is 119 cm³/mol. The first-order valence-corrected chi connectivity index (χ1v) is 10.7. The molecule has 0 saturated heterocycles. The fourth-order valence-corrected chi connectivity index (χ4v) is 5.16. The molecule has 0 unspecified atom stereocenters. The molecule has 29 heavy (non-hydrogen) atoms. The quantitative estimate of drug-likeness (QED) is 0.587. The van der Waals surface area contributed by atoms with Gasteiger partial charge in [-0.25, -0.2) is 0 Å². The van der Waals surface area contributed by atoms with E-state index in [4.69, 9.17) is 0 Å². The Morgan fingerprint density at radius 3 is 2.55 bits per heavy atom. The highest BCUT2D eigenvalue weighted by atomic mass is 32.1. The molecule has 4 rings (SSSR count). The largest absolute Gasteiger partial charge is 0.322 e. The highest BCUT2D eigenvalue weighted by Gasteiger charge is 2.28. The number of anilines is 2. The number of hydrogen-bond donors (Lipinski definition) is 2. The van der Waals surface area contributed by atoms with Crippen LogP contribution in [0.4, 0.5) is 10.7 Å². The van der Waals surface area contributed by atoms with Crippen LogP contribution in [0.25, 0.3) is 0 Å². The van der Waals surface area contributed by atoms with Gasteiger partial charge in [0.15, 0.2) is 0 Å². The standard InChI is InChI=1S/C24H24N2O2S/c1-15-7-6-10-18(13-15)25-23(28)21-19-12-11-16(2)14-20(19)29-24(21)26-22(27)17-8-4-3-5-9-17/h3-10,13,16H,11-12,14H2,1-2H3,(H,25,28)(H,26,27)/t16-/m0/s1. The summed E-state index contributed by atoms with van der Waals surface area (Å²) in [5.41, 5.74) is 4.13. The van der Waals surface area contributed by atoms with Crippen molar-refractivity contribution in [2.45, 2.75) is 33.1 Å². The molecule has 0 radical (unpaired) electrons. The second kappa shape index (κ2) is 8.21. The molecule has 0 fully saturated rings. The van der Waals surface area contributed by atoms with Crippen molar-refractivity contribution in [3.05, 3.63) is 81.7 Å². The van der Waals surface area contributed by atoms with Crippen LogP contribution in [-0.2, 0) is 12.8 Å². The molecule has 2 N–H and O–H groups in total. The minimum atomic E-state index is -0.193. The molecule has 148 valence electrons.